The normalized spacial score (nSPS) is 15.3. The number of carbonyl (C=O) groups excluding carboxylic acids is 15. The van der Waals surface area contributed by atoms with Gasteiger partial charge in [0.2, 0.25) is 29.5 Å². The number of phenols is 1. The van der Waals surface area contributed by atoms with E-state index in [1.54, 1.807) is 79.7 Å². The Morgan fingerprint density at radius 3 is 1.92 bits per heavy atom. The molecular formula is C95H134N12O28S3. The highest BCUT2D eigenvalue weighted by Gasteiger charge is 2.41. The fourth-order valence-electron chi connectivity index (χ4n) is 15.3. The third-order valence-corrected chi connectivity index (χ3v) is 26.7. The number of nitrogens with two attached hydrogens (primary N) is 1. The number of ketones is 4. The number of hydrogen-bond donors (Lipinski definition) is 14. The number of aromatic nitrogens is 1. The van der Waals surface area contributed by atoms with E-state index in [2.05, 4.69) is 52.3 Å². The summed E-state index contributed by atoms with van der Waals surface area (Å²) in [6.45, 7) is 11.4. The van der Waals surface area contributed by atoms with E-state index in [9.17, 15) is 107 Å². The molecule has 15 N–H and O–H groups in total. The molecule has 0 bridgehead atoms. The highest BCUT2D eigenvalue weighted by molar-refractivity contribution is 8.76. The molecule has 0 aliphatic carbocycles. The molecule has 43 heteroatoms. The first-order chi connectivity index (χ1) is 65.7. The van der Waals surface area contributed by atoms with E-state index in [4.69, 9.17) is 25.1 Å². The largest absolute Gasteiger partial charge is 0.508 e. The van der Waals surface area contributed by atoms with Crippen molar-refractivity contribution in [1.82, 2.24) is 57.3 Å². The Morgan fingerprint density at radius 2 is 1.30 bits per heavy atom. The number of alkyl carbamates (subject to hydrolysis) is 1. The summed E-state index contributed by atoms with van der Waals surface area (Å²) in [5.41, 5.74) is 8.20. The zero-order chi connectivity index (χ0) is 102. The molecule has 2 unspecified atom stereocenters. The summed E-state index contributed by atoms with van der Waals surface area (Å²) in [7, 11) is 3.95. The maximum Gasteiger partial charge on any atom is 0.407 e. The molecule has 4 aromatic rings. The van der Waals surface area contributed by atoms with Crippen molar-refractivity contribution in [1.29, 1.82) is 0 Å². The van der Waals surface area contributed by atoms with Crippen molar-refractivity contribution in [2.75, 3.05) is 58.1 Å². The molecule has 40 nitrogen and oxygen atoms in total. The second-order valence-electron chi connectivity index (χ2n) is 34.6. The minimum Gasteiger partial charge on any atom is -0.508 e. The van der Waals surface area contributed by atoms with Crippen molar-refractivity contribution >= 4 is 146 Å². The Morgan fingerprint density at radius 1 is 0.638 bits per heavy atom. The lowest BCUT2D eigenvalue weighted by molar-refractivity contribution is -0.162. The van der Waals surface area contributed by atoms with Crippen LogP contribution in [0.4, 0.5) is 9.59 Å². The number of urea groups is 1. The van der Waals surface area contributed by atoms with Crippen LogP contribution in [0.5, 0.6) is 5.75 Å². The number of ether oxygens (including phenoxy) is 4. The van der Waals surface area contributed by atoms with E-state index < -0.39 is 218 Å². The van der Waals surface area contributed by atoms with Gasteiger partial charge in [-0.1, -0.05) is 162 Å². The number of carboxylic acids is 4. The Hall–Kier alpha value is -12.0. The quantitative estimate of drug-likeness (QED) is 0.00502. The number of esters is 2. The lowest BCUT2D eigenvalue weighted by atomic mass is 9.82. The Kier molecular flexibility index (Phi) is 53.0. The Labute approximate surface area is 814 Å². The topological polar surface area (TPSA) is 604 Å². The van der Waals surface area contributed by atoms with E-state index in [-0.39, 0.29) is 142 Å². The SMILES string of the molecule is CCCC(=O)OCN(C(=O)[C@@H](CC(=O)[C@H]1CCCCN1C)C(C)CC)[C@H](C[C@@H](OC(C)=O)c1nc(C(=O)N[C@@H](Cc2ccc(O)cc2)C[C@H](C)C(=O)CNC(=O)OCCSSC[C@H](CC(=O)[C@H](CC(=O)O)NC(=O)[C@@H](N)CNC(=O)C(CC(=O)[C@H](Cc2ccccc2)NC(=O)CCCCCCNC(=O)CC[C@H](NC(=O)N[C@@H](CCC(=O)O)OC=O)C(=O)O)Cc2ccccc2)C(=O)O)cs1)C(C)C. The monoisotopic (exact) mass is 1990 g/mol. The number of Topliss-reactive ketones (excluding diaryl/α,β-unsaturated/α-hetero) is 4. The summed E-state index contributed by atoms with van der Waals surface area (Å²) in [4.78, 5) is 257. The van der Waals surface area contributed by atoms with Gasteiger partial charge in [0.1, 0.15) is 35.1 Å². The molecule has 1 aliphatic rings. The van der Waals surface area contributed by atoms with Crippen LogP contribution < -0.4 is 48.3 Å². The molecule has 0 spiro atoms. The maximum atomic E-state index is 15.1. The van der Waals surface area contributed by atoms with Gasteiger partial charge in [0, 0.05) is 118 Å². The molecule has 14 atom stereocenters. The summed E-state index contributed by atoms with van der Waals surface area (Å²) >= 11 is 1.03. The van der Waals surface area contributed by atoms with Crippen molar-refractivity contribution < 1.29 is 136 Å². The number of nitrogens with one attached hydrogen (secondary N) is 8. The van der Waals surface area contributed by atoms with Crippen LogP contribution in [0, 0.1) is 35.5 Å². The minimum absolute atomic E-state index is 0.00325. The minimum atomic E-state index is -1.78. The number of hydrogen-bond acceptors (Lipinski definition) is 30. The van der Waals surface area contributed by atoms with Gasteiger partial charge < -0.3 is 97.6 Å². The van der Waals surface area contributed by atoms with Gasteiger partial charge in [-0.05, 0) is 118 Å². The second-order valence-corrected chi connectivity index (χ2v) is 38.1. The summed E-state index contributed by atoms with van der Waals surface area (Å²) in [6.07, 6.45) is -1.18. The third kappa shape index (κ3) is 44.2. The number of likely N-dealkylation sites (tertiary alicyclic amines) is 1. The summed E-state index contributed by atoms with van der Waals surface area (Å²) < 4.78 is 21.6. The van der Waals surface area contributed by atoms with E-state index in [0.29, 0.717) is 61.6 Å². The molecular weight excluding hydrogens is 1850 g/mol. The number of carboxylic acid groups (broad SMARTS) is 4. The molecule has 5 rings (SSSR count). The number of aromatic hydroxyl groups is 1. The molecule has 2 heterocycles. The zero-order valence-corrected chi connectivity index (χ0v) is 81.7. The van der Waals surface area contributed by atoms with Crippen LogP contribution in [0.1, 0.15) is 222 Å². The van der Waals surface area contributed by atoms with E-state index in [1.165, 1.54) is 29.3 Å². The maximum absolute atomic E-state index is 15.1. The molecule has 9 amide bonds. The first-order valence-corrected chi connectivity index (χ1v) is 49.7. The van der Waals surface area contributed by atoms with E-state index in [0.717, 1.165) is 52.3 Å². The number of unbranched alkanes of at least 4 members (excludes halogenated alkanes) is 3. The van der Waals surface area contributed by atoms with Gasteiger partial charge in [-0.2, -0.15) is 0 Å². The average Bonchev–Trinajstić information content (AvgIpc) is 1.20. The Balaban J connectivity index is 1.11. The van der Waals surface area contributed by atoms with Crippen LogP contribution in [0.3, 0.4) is 0 Å². The predicted octanol–water partition coefficient (Wildman–Crippen LogP) is 7.72. The highest BCUT2D eigenvalue weighted by atomic mass is 33.1. The first kappa shape index (κ1) is 117. The van der Waals surface area contributed by atoms with Crippen LogP contribution in [0.15, 0.2) is 90.3 Å². The van der Waals surface area contributed by atoms with Crippen molar-refractivity contribution in [3.05, 3.63) is 118 Å². The number of likely N-dealkylation sites (N-methyl/N-ethyl adjacent to an activating group) is 1. The van der Waals surface area contributed by atoms with Gasteiger partial charge in [0.15, 0.2) is 42.2 Å². The molecule has 3 aromatic carbocycles. The van der Waals surface area contributed by atoms with Crippen LogP contribution in [0.2, 0.25) is 0 Å². The number of benzene rings is 3. The van der Waals surface area contributed by atoms with E-state index in [1.807, 2.05) is 46.6 Å². The standard InChI is InChI=1S/C95H134N12O28S3/c1-9-23-86(121)133-55-107(91(125)68(58(5)10-2)48-78(113)74-28-20-22-39-106(74)8)75(57(3)4)50-80(135-60(7)109)90-103-73(54-136-90)89(124)100-66(44-63-30-32-67(110)33-31-63)42-59(6)79(114)52-99-95(131)132-40-41-137-138-53-65(92(126)127)47-77(112)72(49-85(119)120)102-88(123)69(96)51-98-87(122)64(43-61-24-15-13-16-25-61)46-76(111)71(45-62-26-17-14-18-27-62)101-82(116)29-19-11-12-21-38-97-81(115)35-34-70(93(128)129)104-94(130)105-83(134-56-108)36-37-84(117)118/h13-18,24-27,30-33,54,56-59,64-66,68-72,74-75,80,83,110H,9-12,19-23,28-29,34-53,55,96H2,1-8H3,(H,97,115)(H,98,122)(H,99,131)(H,100,124)(H,101,116)(H,102,123)(H,117,118)(H,119,120)(H,126,127)(H,128,129)(H2,104,105,130)/t58?,59-,64?,65-,66+,68-,69-,70-,71-,72-,74+,75+,80+,83+/m0/s1. The Bertz CT molecular complexity index is 4670. The fourth-order valence-corrected chi connectivity index (χ4v) is 18.3. The smallest absolute Gasteiger partial charge is 0.407 e. The number of carbonyl (C=O) groups is 19. The number of aliphatic carboxylic acids is 4. The van der Waals surface area contributed by atoms with Crippen LogP contribution in [-0.4, -0.2) is 260 Å². The van der Waals surface area contributed by atoms with Gasteiger partial charge in [-0.25, -0.2) is 19.4 Å². The summed E-state index contributed by atoms with van der Waals surface area (Å²) in [5.74, 6) is -17.5. The number of phenolic OH excluding ortho intramolecular Hbond substituents is 1. The third-order valence-electron chi connectivity index (χ3n) is 23.3. The lowest BCUT2D eigenvalue weighted by Crippen LogP contribution is -2.53. The summed E-state index contributed by atoms with van der Waals surface area (Å²) in [5, 5.41) is 70.4. The molecule has 1 fully saturated rings. The van der Waals surface area contributed by atoms with Crippen LogP contribution in [0.25, 0.3) is 0 Å². The van der Waals surface area contributed by atoms with Gasteiger partial charge in [-0.3, -0.25) is 81.6 Å². The van der Waals surface area contributed by atoms with E-state index >= 15 is 4.79 Å². The molecule has 138 heavy (non-hydrogen) atoms. The zero-order valence-electron chi connectivity index (χ0n) is 79.3. The number of piperidine rings is 1. The second kappa shape index (κ2) is 62.8. The van der Waals surface area contributed by atoms with Gasteiger partial charge in [0.25, 0.3) is 12.4 Å². The molecule has 1 aromatic heterocycles. The van der Waals surface area contributed by atoms with Crippen molar-refractivity contribution in [2.45, 2.75) is 257 Å². The van der Waals surface area contributed by atoms with Crippen LogP contribution in [-0.2, 0) is 115 Å². The highest BCUT2D eigenvalue weighted by Crippen LogP contribution is 2.35. The molecule has 1 aliphatic heterocycles. The van der Waals surface area contributed by atoms with Crippen molar-refractivity contribution in [3.8, 4) is 5.75 Å². The first-order valence-electron chi connectivity index (χ1n) is 46.4. The number of rotatable bonds is 68. The molecule has 1 saturated heterocycles. The molecule has 0 radical (unpaired) electrons. The van der Waals surface area contributed by atoms with Crippen molar-refractivity contribution in [3.63, 3.8) is 0 Å². The van der Waals surface area contributed by atoms with Crippen LogP contribution >= 0.6 is 32.9 Å². The lowest BCUT2D eigenvalue weighted by Gasteiger charge is -2.39. The fraction of sp³-hybridized carbons (Fsp3) is 0.579. The summed E-state index contributed by atoms with van der Waals surface area (Å²) in [6, 6.07) is 14.7. The van der Waals surface area contributed by atoms with Crippen molar-refractivity contribution in [2.24, 2.45) is 41.2 Å². The molecule has 760 valence electrons. The predicted molar refractivity (Wildman–Crippen MR) is 509 cm³/mol. The molecule has 0 saturated carbocycles. The van der Waals surface area contributed by atoms with Gasteiger partial charge in [-0.15, -0.1) is 11.3 Å². The number of amides is 9. The number of nitrogens with zero attached hydrogens (tertiary/aromatic N) is 3. The average molecular weight is 1990 g/mol. The number of thiazole rings is 1. The van der Waals surface area contributed by atoms with Gasteiger partial charge >= 0.3 is 47.9 Å². The van der Waals surface area contributed by atoms with Gasteiger partial charge in [0.05, 0.1) is 43.4 Å².